The number of amides is 3. The van der Waals surface area contributed by atoms with E-state index in [9.17, 15) is 14.4 Å². The number of carbonyl (C=O) groups excluding carboxylic acids is 3. The van der Waals surface area contributed by atoms with Crippen LogP contribution in [0.4, 0.5) is 0 Å². The zero-order chi connectivity index (χ0) is 17.7. The Balaban J connectivity index is 1.92. The summed E-state index contributed by atoms with van der Waals surface area (Å²) in [7, 11) is 0. The summed E-state index contributed by atoms with van der Waals surface area (Å²) in [5.41, 5.74) is 1.17. The highest BCUT2D eigenvalue weighted by molar-refractivity contribution is 7.13. The molecule has 108 valence electrons. The van der Waals surface area contributed by atoms with Gasteiger partial charge in [0.05, 0.1) is 6.89 Å². The predicted molar refractivity (Wildman–Crippen MR) is 78.0 cm³/mol. The number of aryl methyl sites for hydroxylation is 1. The Bertz CT molecular complexity index is 883. The molecule has 1 aliphatic heterocycles. The highest BCUT2D eigenvalue weighted by Crippen LogP contribution is 2.24. The maximum Gasteiger partial charge on any atom is 0.264 e. The number of imide groups is 1. The van der Waals surface area contributed by atoms with Crippen LogP contribution in [0, 0.1) is 6.92 Å². The normalized spacial score (nSPS) is 26.6. The number of carbonyl (C=O) groups is 3. The molecule has 0 bridgehead atoms. The van der Waals surface area contributed by atoms with E-state index in [1.807, 2.05) is 6.07 Å². The van der Waals surface area contributed by atoms with Gasteiger partial charge < -0.3 is 5.32 Å². The lowest BCUT2D eigenvalue weighted by Gasteiger charge is -2.21. The lowest BCUT2D eigenvalue weighted by molar-refractivity contribution is -0.134. The largest absolute Gasteiger partial charge is 0.339 e. The van der Waals surface area contributed by atoms with Gasteiger partial charge in [-0.05, 0) is 19.4 Å². The maximum atomic E-state index is 12.5. The molecule has 0 aliphatic carbocycles. The van der Waals surface area contributed by atoms with Crippen LogP contribution in [-0.2, 0) is 9.59 Å². The van der Waals surface area contributed by atoms with Gasteiger partial charge in [0.2, 0.25) is 11.8 Å². The van der Waals surface area contributed by atoms with Crippen molar-refractivity contribution in [3.8, 4) is 0 Å². The smallest absolute Gasteiger partial charge is 0.264 e. The minimum atomic E-state index is -2.42. The third-order valence-electron chi connectivity index (χ3n) is 2.98. The summed E-state index contributed by atoms with van der Waals surface area (Å²) in [6.07, 6.45) is -3.18. The quantitative estimate of drug-likeness (QED) is 0.814. The molecule has 1 fully saturated rings. The molecule has 21 heavy (non-hydrogen) atoms. The van der Waals surface area contributed by atoms with Crippen molar-refractivity contribution < 1.29 is 18.5 Å². The van der Waals surface area contributed by atoms with Crippen LogP contribution in [0.15, 0.2) is 17.5 Å². The summed E-state index contributed by atoms with van der Waals surface area (Å²) in [6, 6.07) is 1.35. The molecular formula is C14H13N3O3S. The van der Waals surface area contributed by atoms with Gasteiger partial charge in [0.25, 0.3) is 5.91 Å². The zero-order valence-corrected chi connectivity index (χ0v) is 11.8. The van der Waals surface area contributed by atoms with Crippen LogP contribution in [0.3, 0.4) is 0 Å². The van der Waals surface area contributed by atoms with Gasteiger partial charge in [0.1, 0.15) is 10.9 Å². The lowest BCUT2D eigenvalue weighted by Crippen LogP contribution is -2.52. The van der Waals surface area contributed by atoms with E-state index in [4.69, 9.17) is 4.11 Å². The van der Waals surface area contributed by atoms with Gasteiger partial charge in [-0.25, -0.2) is 0 Å². The molecule has 6 nitrogen and oxygen atoms in total. The first-order chi connectivity index (χ1) is 11.1. The first-order valence-electron chi connectivity index (χ1n) is 7.66. The van der Waals surface area contributed by atoms with Gasteiger partial charge in [-0.1, -0.05) is 6.07 Å². The van der Waals surface area contributed by atoms with E-state index in [2.05, 4.69) is 10.3 Å². The number of nitrogens with one attached hydrogen (secondary N) is 2. The number of pyridine rings is 1. The number of nitrogens with zero attached hydrogens (tertiary/aromatic N) is 1. The second-order valence-corrected chi connectivity index (χ2v) is 5.40. The second kappa shape index (κ2) is 5.25. The molecule has 1 unspecified atom stereocenters. The summed E-state index contributed by atoms with van der Waals surface area (Å²) >= 11 is 1.12. The standard InChI is InChI=1S/C14H13N3O3S/c1-7-2-3-8-6-21-12(11(8)15-7)14(20)16-9-4-5-10(18)17-13(9)19/h2-3,6,9H,4-5H2,1H3,(H,16,20)(H,17,18,19)/i5D2,9D. The summed E-state index contributed by atoms with van der Waals surface area (Å²) in [6.45, 7) is 1.78. The molecule has 0 saturated carbocycles. The van der Waals surface area contributed by atoms with Crippen molar-refractivity contribution in [1.82, 2.24) is 15.6 Å². The number of hydrogen-bond donors (Lipinski definition) is 2. The molecule has 3 heterocycles. The third-order valence-corrected chi connectivity index (χ3v) is 3.97. The Kier molecular flexibility index (Phi) is 2.61. The third kappa shape index (κ3) is 2.64. The number of hydrogen-bond acceptors (Lipinski definition) is 5. The van der Waals surface area contributed by atoms with Gasteiger partial charge in [0.15, 0.2) is 0 Å². The zero-order valence-electron chi connectivity index (χ0n) is 14.0. The van der Waals surface area contributed by atoms with Crippen LogP contribution < -0.4 is 10.6 Å². The lowest BCUT2D eigenvalue weighted by atomic mass is 10.1. The van der Waals surface area contributed by atoms with Crippen molar-refractivity contribution in [3.05, 3.63) is 28.1 Å². The molecule has 0 aromatic carbocycles. The van der Waals surface area contributed by atoms with Gasteiger partial charge in [-0.3, -0.25) is 24.7 Å². The van der Waals surface area contributed by atoms with Crippen molar-refractivity contribution in [1.29, 1.82) is 0 Å². The van der Waals surface area contributed by atoms with Crippen LogP contribution in [0.2, 0.25) is 0 Å². The Morgan fingerprint density at radius 1 is 1.57 bits per heavy atom. The maximum absolute atomic E-state index is 12.5. The van der Waals surface area contributed by atoms with Crippen molar-refractivity contribution >= 4 is 40.0 Å². The first kappa shape index (κ1) is 10.4. The molecule has 2 aromatic heterocycles. The molecule has 7 heteroatoms. The van der Waals surface area contributed by atoms with Gasteiger partial charge >= 0.3 is 0 Å². The van der Waals surface area contributed by atoms with E-state index in [1.54, 1.807) is 23.7 Å². The Labute approximate surface area is 128 Å². The molecule has 2 aromatic rings. The monoisotopic (exact) mass is 306 g/mol. The summed E-state index contributed by atoms with van der Waals surface area (Å²) in [4.78, 5) is 40.4. The SMILES string of the molecule is [2H]C1([2H])CC([2H])(NC(=O)c2scc3ccc(C)nc23)C(=O)NC1=O. The topological polar surface area (TPSA) is 88.2 Å². The Hall–Kier alpha value is -2.28. The predicted octanol–water partition coefficient (Wildman–Crippen LogP) is 1.14. The van der Waals surface area contributed by atoms with Crippen LogP contribution in [0.5, 0.6) is 0 Å². The van der Waals surface area contributed by atoms with Crippen molar-refractivity contribution in [3.63, 3.8) is 0 Å². The number of piperidine rings is 1. The van der Waals surface area contributed by atoms with Crippen LogP contribution in [0.25, 0.3) is 10.9 Å². The molecule has 1 atom stereocenters. The fourth-order valence-electron chi connectivity index (χ4n) is 1.95. The Morgan fingerprint density at radius 3 is 3.19 bits per heavy atom. The fraction of sp³-hybridized carbons (Fsp3) is 0.286. The van der Waals surface area contributed by atoms with Gasteiger partial charge in [-0.15, -0.1) is 11.3 Å². The van der Waals surface area contributed by atoms with Gasteiger partial charge in [-0.2, -0.15) is 0 Å². The minimum absolute atomic E-state index is 0.227. The molecule has 0 radical (unpaired) electrons. The first-order valence-corrected chi connectivity index (χ1v) is 7.04. The van der Waals surface area contributed by atoms with E-state index < -0.39 is 36.5 Å². The van der Waals surface area contributed by atoms with Crippen LogP contribution in [0.1, 0.15) is 32.3 Å². The summed E-state index contributed by atoms with van der Waals surface area (Å²) in [5.74, 6) is -2.87. The average molecular weight is 306 g/mol. The molecular weight excluding hydrogens is 290 g/mol. The fourth-order valence-corrected chi connectivity index (χ4v) is 2.82. The van der Waals surface area contributed by atoms with E-state index in [-0.39, 0.29) is 4.88 Å². The number of thiophene rings is 1. The van der Waals surface area contributed by atoms with Crippen molar-refractivity contribution in [2.75, 3.05) is 0 Å². The molecule has 1 saturated heterocycles. The van der Waals surface area contributed by atoms with E-state index in [0.717, 1.165) is 16.7 Å². The summed E-state index contributed by atoms with van der Waals surface area (Å²) < 4.78 is 23.3. The molecule has 2 N–H and O–H groups in total. The number of rotatable bonds is 2. The molecule has 3 amide bonds. The molecule has 0 spiro atoms. The van der Waals surface area contributed by atoms with Crippen LogP contribution in [-0.4, -0.2) is 28.7 Å². The average Bonchev–Trinajstić information content (AvgIpc) is 2.88. The van der Waals surface area contributed by atoms with Gasteiger partial charge in [0, 0.05) is 25.6 Å². The van der Waals surface area contributed by atoms with E-state index >= 15 is 0 Å². The van der Waals surface area contributed by atoms with Crippen LogP contribution >= 0.6 is 11.3 Å². The van der Waals surface area contributed by atoms with Crippen molar-refractivity contribution in [2.24, 2.45) is 0 Å². The molecule has 1 aliphatic rings. The molecule has 3 rings (SSSR count). The van der Waals surface area contributed by atoms with E-state index in [0.29, 0.717) is 11.2 Å². The van der Waals surface area contributed by atoms with E-state index in [1.165, 1.54) is 0 Å². The summed E-state index contributed by atoms with van der Waals surface area (Å²) in [5, 5.41) is 6.51. The minimum Gasteiger partial charge on any atom is -0.339 e. The Morgan fingerprint density at radius 2 is 2.38 bits per heavy atom. The number of aromatic nitrogens is 1. The second-order valence-electron chi connectivity index (χ2n) is 4.52. The number of fused-ring (bicyclic) bond motifs is 1. The van der Waals surface area contributed by atoms with Crippen molar-refractivity contribution in [2.45, 2.75) is 25.7 Å². The highest BCUT2D eigenvalue weighted by Gasteiger charge is 2.29. The highest BCUT2D eigenvalue weighted by atomic mass is 32.1.